The molecule has 0 aliphatic heterocycles. The Morgan fingerprint density at radius 2 is 0.315 bits per heavy atom. The van der Waals surface area contributed by atoms with Crippen LogP contribution in [0.25, 0.3) is 166 Å². The lowest BCUT2D eigenvalue weighted by Gasteiger charge is -2.13. The molecule has 9 aromatic heterocycles. The Hall–Kier alpha value is -15.9. The van der Waals surface area contributed by atoms with Gasteiger partial charge < -0.3 is 0 Å². The molecule has 143 heavy (non-hydrogen) atoms. The second-order valence-corrected chi connectivity index (χ2v) is 37.2. The molecular formula is C126H124N14S3. The van der Waals surface area contributed by atoms with Crippen LogP contribution < -0.4 is 0 Å². The van der Waals surface area contributed by atoms with Crippen LogP contribution in [0.4, 0.5) is 0 Å². The number of aromatic nitrogens is 14. The molecule has 0 spiro atoms. The van der Waals surface area contributed by atoms with E-state index >= 15 is 0 Å². The summed E-state index contributed by atoms with van der Waals surface area (Å²) in [6, 6.07) is 111. The first kappa shape index (κ1) is 106. The molecule has 9 heterocycles. The first-order chi connectivity index (χ1) is 69.7. The van der Waals surface area contributed by atoms with Crippen LogP contribution in [0.1, 0.15) is 120 Å². The average molecular weight is 1930 g/mol. The summed E-state index contributed by atoms with van der Waals surface area (Å²) < 4.78 is 0. The summed E-state index contributed by atoms with van der Waals surface area (Å²) in [6.07, 6.45) is 21.7. The third-order valence-electron chi connectivity index (χ3n) is 22.2. The molecule has 0 amide bonds. The number of hydrogen-bond donors (Lipinski definition) is 0. The molecule has 0 unspecified atom stereocenters. The summed E-state index contributed by atoms with van der Waals surface area (Å²) in [5.41, 5.74) is 34.7. The van der Waals surface area contributed by atoms with Gasteiger partial charge in [0.25, 0.3) is 0 Å². The second kappa shape index (κ2) is 54.0. The van der Waals surface area contributed by atoms with E-state index in [2.05, 4.69) is 408 Å². The maximum Gasteiger partial charge on any atom is 0.164 e. The lowest BCUT2D eigenvalue weighted by atomic mass is 9.91. The number of hydrogen-bond acceptors (Lipinski definition) is 17. The van der Waals surface area contributed by atoms with Gasteiger partial charge in [0.05, 0.1) is 0 Å². The van der Waals surface area contributed by atoms with Gasteiger partial charge in [-0.2, -0.15) is 0 Å². The van der Waals surface area contributed by atoms with E-state index in [0.717, 1.165) is 50.1 Å². The molecule has 12 aromatic carbocycles. The predicted octanol–water partition coefficient (Wildman–Crippen LogP) is 34.6. The van der Waals surface area contributed by atoms with Gasteiger partial charge in [0.1, 0.15) is 19.0 Å². The highest BCUT2D eigenvalue weighted by molar-refractivity contribution is 7.16. The Bertz CT molecular complexity index is 6460. The highest BCUT2D eigenvalue weighted by atomic mass is 32.1. The summed E-state index contributed by atoms with van der Waals surface area (Å²) >= 11 is 5.60. The third-order valence-corrected chi connectivity index (χ3v) is 25.4. The monoisotopic (exact) mass is 1930 g/mol. The van der Waals surface area contributed by atoms with Crippen molar-refractivity contribution < 1.29 is 0 Å². The van der Waals surface area contributed by atoms with Gasteiger partial charge in [-0.25, -0.2) is 59.8 Å². The number of nitrogens with zero attached hydrogens (tertiary/aromatic N) is 14. The van der Waals surface area contributed by atoms with Gasteiger partial charge in [0, 0.05) is 125 Å². The van der Waals surface area contributed by atoms with Crippen LogP contribution >= 0.6 is 34.0 Å². The van der Waals surface area contributed by atoms with Crippen LogP contribution in [0.2, 0.25) is 0 Å². The van der Waals surface area contributed by atoms with E-state index in [-0.39, 0.29) is 0 Å². The Morgan fingerprint density at radius 3 is 0.490 bits per heavy atom. The number of benzene rings is 12. The summed E-state index contributed by atoms with van der Waals surface area (Å²) in [7, 11) is 0. The third kappa shape index (κ3) is 30.8. The van der Waals surface area contributed by atoms with E-state index < -0.39 is 0 Å². The van der Waals surface area contributed by atoms with Crippen molar-refractivity contribution in [2.75, 3.05) is 0 Å². The molecule has 0 saturated heterocycles. The topological polar surface area (TPSA) is 180 Å². The van der Waals surface area contributed by atoms with Crippen LogP contribution in [-0.2, 0) is 0 Å². The molecule has 17 heteroatoms. The smallest absolute Gasteiger partial charge is 0.164 e. The first-order valence-corrected chi connectivity index (χ1v) is 51.0. The van der Waals surface area contributed by atoms with Gasteiger partial charge in [-0.3, -0.25) is 9.97 Å². The molecule has 0 N–H and O–H groups in total. The highest BCUT2D eigenvalue weighted by Gasteiger charge is 2.18. The van der Waals surface area contributed by atoms with Crippen molar-refractivity contribution in [2.24, 2.45) is 0 Å². The Morgan fingerprint density at radius 1 is 0.147 bits per heavy atom. The molecule has 0 aliphatic carbocycles. The van der Waals surface area contributed by atoms with Crippen molar-refractivity contribution in [2.45, 2.75) is 138 Å². The van der Waals surface area contributed by atoms with E-state index in [0.29, 0.717) is 34.9 Å². The zero-order valence-corrected chi connectivity index (χ0v) is 87.9. The molecule has 0 bridgehead atoms. The Balaban J connectivity index is 0.000000164. The van der Waals surface area contributed by atoms with Crippen molar-refractivity contribution in [3.05, 3.63) is 455 Å². The molecule has 0 fully saturated rings. The molecule has 21 rings (SSSR count). The average Bonchev–Trinajstić information content (AvgIpc) is 1.70. The number of thiophene rings is 3. The van der Waals surface area contributed by atoms with E-state index in [4.69, 9.17) is 15.0 Å². The summed E-state index contributed by atoms with van der Waals surface area (Å²) in [6.45, 7) is 41.0. The minimum atomic E-state index is 0.642. The van der Waals surface area contributed by atoms with Crippen LogP contribution in [0.15, 0.2) is 390 Å². The van der Waals surface area contributed by atoms with Crippen molar-refractivity contribution >= 4 is 34.0 Å². The number of aryl methyl sites for hydroxylation is 12. The molecular weight excluding hydrogens is 1810 g/mol. The van der Waals surface area contributed by atoms with E-state index in [9.17, 15) is 0 Å². The molecule has 0 radical (unpaired) electrons. The standard InChI is InChI=1S/C45H36.C24H21N3.C21H18N6.C21H18S3.C4H4N2.C3H3N3.4C2H6/c1-31-4-10-34(11-5-31)37-16-22-40(23-17-37)43-28-44(41-24-18-38(19-25-41)35-12-6-32(2)7-13-35)30-45(29-43)42-26-20-39(21-27-42)36-14-8-33(3)9-15-36;1-16-4-10-19(11-5-16)22-25-23(20-12-6-17(2)7-13-20)27-24(26-22)21-14-8-18(3)9-15-21;1-13-7-22-19(23-8-13)16-4-17(20-24-9-14(2)10-25-20)6-18(5-16)21-26-11-15(3)12-27-21;1-13-4-7-19(22-13)16-10-17(20-8-5-14(2)23-20)12-18(11-16)21-9-6-15(3)24-21;1-2-6-4-3-5-1;1-4-2-6-3-5-1;4*1-2/h4-30H,1-3H3;4-15H,1-3H3;4-12H,1-3H3;4-12H,1-3H3;1-4H;1-3H;4*1-2H3. The van der Waals surface area contributed by atoms with Crippen LogP contribution in [-0.4, -0.2) is 69.8 Å². The van der Waals surface area contributed by atoms with E-state index in [1.807, 2.05) is 128 Å². The minimum Gasteiger partial charge on any atom is -0.262 e. The fourth-order valence-corrected chi connectivity index (χ4v) is 17.3. The van der Waals surface area contributed by atoms with Crippen LogP contribution in [0.3, 0.4) is 0 Å². The van der Waals surface area contributed by atoms with Gasteiger partial charge in [0.15, 0.2) is 34.9 Å². The van der Waals surface area contributed by atoms with Gasteiger partial charge >= 0.3 is 0 Å². The molecule has 0 aliphatic rings. The number of rotatable bonds is 15. The van der Waals surface area contributed by atoms with Crippen molar-refractivity contribution in [1.29, 1.82) is 0 Å². The molecule has 716 valence electrons. The fraction of sp³-hybridized carbons (Fsp3) is 0.159. The minimum absolute atomic E-state index is 0.642. The van der Waals surface area contributed by atoms with Gasteiger partial charge in [-0.05, 0) is 274 Å². The Kier molecular flexibility index (Phi) is 40.0. The van der Waals surface area contributed by atoms with Gasteiger partial charge in [0.2, 0.25) is 0 Å². The first-order valence-electron chi connectivity index (χ1n) is 48.5. The fourth-order valence-electron chi connectivity index (χ4n) is 14.7. The quantitative estimate of drug-likeness (QED) is 0.0945. The van der Waals surface area contributed by atoms with Crippen molar-refractivity contribution in [3.8, 4) is 166 Å². The van der Waals surface area contributed by atoms with Gasteiger partial charge in [-0.1, -0.05) is 307 Å². The van der Waals surface area contributed by atoms with Crippen LogP contribution in [0.5, 0.6) is 0 Å². The maximum atomic E-state index is 4.75. The van der Waals surface area contributed by atoms with E-state index in [1.165, 1.54) is 165 Å². The lowest BCUT2D eigenvalue weighted by molar-refractivity contribution is 1.05. The van der Waals surface area contributed by atoms with Crippen molar-refractivity contribution in [3.63, 3.8) is 0 Å². The Labute approximate surface area is 857 Å². The summed E-state index contributed by atoms with van der Waals surface area (Å²) in [5.74, 6) is 4.00. The SMILES string of the molecule is CC.CC.CC.CC.Cc1ccc(-c2cc(-c3ccc(C)s3)cc(-c3ccc(C)s3)c2)s1.Cc1ccc(-c2ccc(-c3cc(-c4ccc(-c5ccc(C)cc5)cc4)cc(-c4ccc(-c5ccc(C)cc5)cc4)c3)cc2)cc1.Cc1ccc(-c2nc(-c3ccc(C)cc3)nc(-c3ccc(C)cc3)n2)cc1.Cc1cnc(-c2cc(-c3ncc(C)cn3)cc(-c3ncc(C)cn3)c2)nc1.c1cnccn1.c1ncncn1. The largest absolute Gasteiger partial charge is 0.262 e. The zero-order valence-electron chi connectivity index (χ0n) is 85.4. The van der Waals surface area contributed by atoms with Gasteiger partial charge in [-0.15, -0.1) is 34.0 Å². The molecule has 0 saturated carbocycles. The lowest BCUT2D eigenvalue weighted by Crippen LogP contribution is -2.00. The zero-order chi connectivity index (χ0) is 102. The molecule has 14 nitrogen and oxygen atoms in total. The normalized spacial score (nSPS) is 10.2. The molecule has 0 atom stereocenters. The van der Waals surface area contributed by atoms with E-state index in [1.54, 1.807) is 62.0 Å². The highest BCUT2D eigenvalue weighted by Crippen LogP contribution is 2.42. The summed E-state index contributed by atoms with van der Waals surface area (Å²) in [5, 5.41) is 0. The summed E-state index contributed by atoms with van der Waals surface area (Å²) in [4.78, 5) is 67.2. The second-order valence-electron chi connectivity index (χ2n) is 33.3. The maximum absolute atomic E-state index is 4.75. The van der Waals surface area contributed by atoms with Crippen LogP contribution in [0, 0.1) is 83.1 Å². The molecule has 21 aromatic rings. The predicted molar refractivity (Wildman–Crippen MR) is 605 cm³/mol. The van der Waals surface area contributed by atoms with Crippen molar-refractivity contribution in [1.82, 2.24) is 69.8 Å².